The number of carbonyl (C=O) groups is 3. The van der Waals surface area contributed by atoms with Gasteiger partial charge in [-0.15, -0.1) is 11.3 Å². The fourth-order valence-electron chi connectivity index (χ4n) is 1.99. The largest absolute Gasteiger partial charge is 0.345 e. The molecule has 2 aromatic rings. The molecule has 0 unspecified atom stereocenters. The van der Waals surface area contributed by atoms with Crippen molar-refractivity contribution in [2.24, 2.45) is 0 Å². The Balaban J connectivity index is 1.55. The Hall–Kier alpha value is -2.38. The number of fused-ring (bicyclic) bond motifs is 1. The molecule has 1 aliphatic rings. The van der Waals surface area contributed by atoms with E-state index in [4.69, 9.17) is 11.6 Å². The average molecular weight is 364 g/mol. The minimum Gasteiger partial charge on any atom is -0.345 e. The Labute approximate surface area is 146 Å². The fraction of sp³-hybridized carbons (Fsp3) is 0.188. The molecule has 1 aromatic carbocycles. The molecule has 124 valence electrons. The summed E-state index contributed by atoms with van der Waals surface area (Å²) in [5.41, 5.74) is 4.22. The molecule has 0 spiro atoms. The Morgan fingerprint density at radius 3 is 2.58 bits per heavy atom. The van der Waals surface area contributed by atoms with Gasteiger partial charge < -0.3 is 5.32 Å². The molecule has 0 saturated heterocycles. The maximum absolute atomic E-state index is 11.7. The Kier molecular flexibility index (Phi) is 4.82. The Bertz CT molecular complexity index is 842. The first kappa shape index (κ1) is 16.5. The topological polar surface area (TPSA) is 87.3 Å². The van der Waals surface area contributed by atoms with E-state index in [2.05, 4.69) is 16.2 Å². The minimum absolute atomic E-state index is 0.0777. The predicted octanol–water partition coefficient (Wildman–Crippen LogP) is 1.99. The highest BCUT2D eigenvalue weighted by atomic mass is 35.5. The number of halogens is 1. The third-order valence-electron chi connectivity index (χ3n) is 3.36. The molecule has 0 aliphatic heterocycles. The van der Waals surface area contributed by atoms with E-state index in [0.717, 1.165) is 27.8 Å². The third-order valence-corrected chi connectivity index (χ3v) is 5.02. The van der Waals surface area contributed by atoms with Crippen LogP contribution in [-0.2, 0) is 14.4 Å². The van der Waals surface area contributed by atoms with Crippen LogP contribution in [0.5, 0.6) is 0 Å². The number of hydrazine groups is 1. The zero-order chi connectivity index (χ0) is 17.1. The molecule has 3 N–H and O–H groups in total. The molecule has 3 rings (SSSR count). The molecule has 3 amide bonds. The van der Waals surface area contributed by atoms with Gasteiger partial charge in [0, 0.05) is 27.1 Å². The molecular formula is C16H14ClN3O3S. The van der Waals surface area contributed by atoms with Crippen LogP contribution in [-0.4, -0.2) is 23.8 Å². The Morgan fingerprint density at radius 2 is 1.88 bits per heavy atom. The molecule has 0 radical (unpaired) electrons. The molecule has 1 aromatic heterocycles. The van der Waals surface area contributed by atoms with Gasteiger partial charge in [-0.25, -0.2) is 0 Å². The number of benzene rings is 1. The van der Waals surface area contributed by atoms with Crippen molar-refractivity contribution in [1.82, 2.24) is 16.2 Å². The lowest BCUT2D eigenvalue weighted by Crippen LogP contribution is -2.48. The van der Waals surface area contributed by atoms with Crippen LogP contribution < -0.4 is 16.2 Å². The molecule has 8 heteroatoms. The van der Waals surface area contributed by atoms with Crippen molar-refractivity contribution in [1.29, 1.82) is 0 Å². The Morgan fingerprint density at radius 1 is 1.12 bits per heavy atom. The van der Waals surface area contributed by atoms with E-state index < -0.39 is 17.7 Å². The number of amides is 3. The first-order valence-corrected chi connectivity index (χ1v) is 8.50. The quantitative estimate of drug-likeness (QED) is 0.443. The summed E-state index contributed by atoms with van der Waals surface area (Å²) in [5.74, 6) is -2.21. The summed E-state index contributed by atoms with van der Waals surface area (Å²) in [6.45, 7) is 0. The van der Waals surface area contributed by atoms with Gasteiger partial charge in [-0.1, -0.05) is 29.8 Å². The lowest BCUT2D eigenvalue weighted by Gasteiger charge is -2.05. The van der Waals surface area contributed by atoms with E-state index in [0.29, 0.717) is 5.02 Å². The van der Waals surface area contributed by atoms with E-state index in [-0.39, 0.29) is 6.04 Å². The first-order valence-electron chi connectivity index (χ1n) is 7.30. The van der Waals surface area contributed by atoms with Crippen molar-refractivity contribution < 1.29 is 14.4 Å². The SMILES string of the molecule is O=C(/C=C/c1sc2ccccc2c1Cl)NNC(=O)C(=O)NC1CC1. The van der Waals surface area contributed by atoms with Gasteiger partial charge in [-0.3, -0.25) is 25.2 Å². The van der Waals surface area contributed by atoms with E-state index in [1.807, 2.05) is 24.3 Å². The molecule has 0 atom stereocenters. The lowest BCUT2D eigenvalue weighted by molar-refractivity contribution is -0.140. The molecule has 6 nitrogen and oxygen atoms in total. The highest BCUT2D eigenvalue weighted by Crippen LogP contribution is 2.35. The standard InChI is InChI=1S/C16H14ClN3O3S/c17-14-10-3-1-2-4-11(10)24-12(14)7-8-13(21)19-20-16(23)15(22)18-9-5-6-9/h1-4,7-9H,5-6H2,(H,18,22)(H,19,21)(H,20,23)/b8-7+. The van der Waals surface area contributed by atoms with Crippen LogP contribution in [0.2, 0.25) is 5.02 Å². The van der Waals surface area contributed by atoms with E-state index in [1.165, 1.54) is 17.4 Å². The van der Waals surface area contributed by atoms with Gasteiger partial charge in [0.05, 0.1) is 5.02 Å². The monoisotopic (exact) mass is 363 g/mol. The maximum Gasteiger partial charge on any atom is 0.327 e. The molecule has 0 bridgehead atoms. The summed E-state index contributed by atoms with van der Waals surface area (Å²) in [6.07, 6.45) is 4.57. The van der Waals surface area contributed by atoms with Gasteiger partial charge in [0.2, 0.25) is 0 Å². The third kappa shape index (κ3) is 3.93. The number of hydrogen-bond acceptors (Lipinski definition) is 4. The summed E-state index contributed by atoms with van der Waals surface area (Å²) in [7, 11) is 0. The van der Waals surface area contributed by atoms with Crippen LogP contribution in [0.3, 0.4) is 0 Å². The van der Waals surface area contributed by atoms with E-state index >= 15 is 0 Å². The van der Waals surface area contributed by atoms with Crippen LogP contribution in [0.25, 0.3) is 16.2 Å². The van der Waals surface area contributed by atoms with Crippen molar-refractivity contribution in [2.45, 2.75) is 18.9 Å². The molecule has 1 fully saturated rings. The smallest absolute Gasteiger partial charge is 0.327 e. The van der Waals surface area contributed by atoms with Crippen LogP contribution in [0.1, 0.15) is 17.7 Å². The van der Waals surface area contributed by atoms with Crippen molar-refractivity contribution >= 4 is 56.8 Å². The number of nitrogens with one attached hydrogen (secondary N) is 3. The highest BCUT2D eigenvalue weighted by Gasteiger charge is 2.26. The maximum atomic E-state index is 11.7. The summed E-state index contributed by atoms with van der Waals surface area (Å²) in [6, 6.07) is 7.74. The van der Waals surface area contributed by atoms with Crippen molar-refractivity contribution in [3.8, 4) is 0 Å². The van der Waals surface area contributed by atoms with Crippen LogP contribution >= 0.6 is 22.9 Å². The second kappa shape index (κ2) is 7.02. The molecule has 1 heterocycles. The van der Waals surface area contributed by atoms with Gasteiger partial charge in [-0.2, -0.15) is 0 Å². The van der Waals surface area contributed by atoms with Gasteiger partial charge in [-0.05, 0) is 25.0 Å². The summed E-state index contributed by atoms with van der Waals surface area (Å²) < 4.78 is 1.02. The molecule has 1 saturated carbocycles. The zero-order valence-electron chi connectivity index (χ0n) is 12.5. The van der Waals surface area contributed by atoms with E-state index in [1.54, 1.807) is 6.08 Å². The predicted molar refractivity (Wildman–Crippen MR) is 93.3 cm³/mol. The second-order valence-corrected chi connectivity index (χ2v) is 6.76. The van der Waals surface area contributed by atoms with Crippen molar-refractivity contribution in [2.75, 3.05) is 0 Å². The zero-order valence-corrected chi connectivity index (χ0v) is 14.0. The van der Waals surface area contributed by atoms with Gasteiger partial charge in [0.25, 0.3) is 5.91 Å². The lowest BCUT2D eigenvalue weighted by atomic mass is 10.2. The summed E-state index contributed by atoms with van der Waals surface area (Å²) >= 11 is 7.73. The van der Waals surface area contributed by atoms with Crippen molar-refractivity contribution in [3.63, 3.8) is 0 Å². The van der Waals surface area contributed by atoms with Gasteiger partial charge in [0.1, 0.15) is 0 Å². The highest BCUT2D eigenvalue weighted by molar-refractivity contribution is 7.20. The van der Waals surface area contributed by atoms with E-state index in [9.17, 15) is 14.4 Å². The second-order valence-electron chi connectivity index (χ2n) is 5.30. The number of rotatable bonds is 3. The molecule has 24 heavy (non-hydrogen) atoms. The van der Waals surface area contributed by atoms with Gasteiger partial charge in [0.15, 0.2) is 0 Å². The van der Waals surface area contributed by atoms with Crippen LogP contribution in [0, 0.1) is 0 Å². The fourth-order valence-corrected chi connectivity index (χ4v) is 3.39. The average Bonchev–Trinajstić information content (AvgIpc) is 3.34. The first-order chi connectivity index (χ1) is 11.5. The van der Waals surface area contributed by atoms with Gasteiger partial charge >= 0.3 is 11.8 Å². The number of hydrogen-bond donors (Lipinski definition) is 3. The number of carbonyl (C=O) groups excluding carboxylic acids is 3. The van der Waals surface area contributed by atoms with Crippen LogP contribution in [0.4, 0.5) is 0 Å². The summed E-state index contributed by atoms with van der Waals surface area (Å²) in [4.78, 5) is 35.4. The molecular weight excluding hydrogens is 350 g/mol. The minimum atomic E-state index is -0.899. The van der Waals surface area contributed by atoms with Crippen molar-refractivity contribution in [3.05, 3.63) is 40.2 Å². The number of thiophene rings is 1. The summed E-state index contributed by atoms with van der Waals surface area (Å²) in [5, 5.41) is 4.02. The molecule has 1 aliphatic carbocycles. The van der Waals surface area contributed by atoms with Crippen LogP contribution in [0.15, 0.2) is 30.3 Å². The normalized spacial score (nSPS) is 13.9.